The zero-order chi connectivity index (χ0) is 32.2. The highest BCUT2D eigenvalue weighted by molar-refractivity contribution is 6.03. The number of carbonyl (C=O) groups excluding carboxylic acids is 2. The smallest absolute Gasteiger partial charge is 0.341 e. The van der Waals surface area contributed by atoms with E-state index in [1.54, 1.807) is 7.11 Å². The van der Waals surface area contributed by atoms with Gasteiger partial charge in [0.15, 0.2) is 0 Å². The molecule has 0 amide bonds. The zero-order valence-corrected chi connectivity index (χ0v) is 27.5. The Morgan fingerprint density at radius 3 is 2.46 bits per heavy atom. The van der Waals surface area contributed by atoms with Crippen LogP contribution >= 0.6 is 0 Å². The molecule has 0 atom stereocenters. The molecule has 8 nitrogen and oxygen atoms in total. The summed E-state index contributed by atoms with van der Waals surface area (Å²) in [5.74, 6) is 0.458. The summed E-state index contributed by atoms with van der Waals surface area (Å²) in [7, 11) is 1.68. The van der Waals surface area contributed by atoms with Gasteiger partial charge in [0.05, 0.1) is 37.6 Å². The summed E-state index contributed by atoms with van der Waals surface area (Å²) in [5, 5.41) is 6.18. The molecule has 1 aliphatic heterocycles. The van der Waals surface area contributed by atoms with Crippen molar-refractivity contribution in [3.8, 4) is 17.0 Å². The number of hydrogen-bond acceptors (Lipinski definition) is 6. The standard InChI is InChI=1S/C38H43N3O5/c1-6-45-37(43)31-22-41(27-13-14-27)39-34(31)26-18-25-19-28(44-5)15-17-29(25)35-33(23-10-8-7-9-11-23)30-16-12-24(20-32(30)40(35)21-26)36(42)46-38(2,3)4/h12,15-20,22-23,27H,6-11,13-14,21H2,1-5H3. The van der Waals surface area contributed by atoms with Gasteiger partial charge in [-0.15, -0.1) is 0 Å². The summed E-state index contributed by atoms with van der Waals surface area (Å²) in [5.41, 5.74) is 7.52. The van der Waals surface area contributed by atoms with Crippen LogP contribution < -0.4 is 4.74 Å². The fraction of sp³-hybridized carbons (Fsp3) is 0.447. The van der Waals surface area contributed by atoms with Gasteiger partial charge < -0.3 is 18.8 Å². The molecule has 2 aliphatic carbocycles. The Labute approximate surface area is 270 Å². The van der Waals surface area contributed by atoms with E-state index in [4.69, 9.17) is 19.3 Å². The van der Waals surface area contributed by atoms with E-state index in [0.29, 0.717) is 35.3 Å². The van der Waals surface area contributed by atoms with Crippen LogP contribution in [0.15, 0.2) is 42.6 Å². The first-order chi connectivity index (χ1) is 22.1. The first kappa shape index (κ1) is 30.3. The van der Waals surface area contributed by atoms with E-state index in [1.807, 2.05) is 56.8 Å². The maximum atomic E-state index is 13.3. The van der Waals surface area contributed by atoms with Gasteiger partial charge in [-0.1, -0.05) is 25.3 Å². The number of ether oxygens (including phenoxy) is 3. The van der Waals surface area contributed by atoms with Gasteiger partial charge in [0.2, 0.25) is 0 Å². The van der Waals surface area contributed by atoms with Crippen LogP contribution in [0.1, 0.15) is 122 Å². The maximum absolute atomic E-state index is 13.3. The van der Waals surface area contributed by atoms with Gasteiger partial charge in [-0.3, -0.25) is 4.68 Å². The lowest BCUT2D eigenvalue weighted by molar-refractivity contribution is 0.00693. The summed E-state index contributed by atoms with van der Waals surface area (Å²) in [6, 6.07) is 12.5. The van der Waals surface area contributed by atoms with Crippen LogP contribution in [0.4, 0.5) is 0 Å². The van der Waals surface area contributed by atoms with Crippen LogP contribution in [-0.4, -0.2) is 45.6 Å². The quantitative estimate of drug-likeness (QED) is 0.192. The largest absolute Gasteiger partial charge is 0.497 e. The Balaban J connectivity index is 1.48. The molecule has 4 aromatic rings. The number of fused-ring (bicyclic) bond motifs is 5. The minimum absolute atomic E-state index is 0.288. The molecule has 46 heavy (non-hydrogen) atoms. The fourth-order valence-corrected chi connectivity index (χ4v) is 7.16. The lowest BCUT2D eigenvalue weighted by Crippen LogP contribution is -2.23. The number of methoxy groups -OCH3 is 1. The molecule has 7 rings (SSSR count). The summed E-state index contributed by atoms with van der Waals surface area (Å²) >= 11 is 0. The van der Waals surface area contributed by atoms with Crippen molar-refractivity contribution in [3.05, 3.63) is 70.5 Å². The number of aromatic nitrogens is 3. The predicted octanol–water partition coefficient (Wildman–Crippen LogP) is 8.58. The molecule has 2 aromatic carbocycles. The summed E-state index contributed by atoms with van der Waals surface area (Å²) in [4.78, 5) is 26.7. The van der Waals surface area contributed by atoms with E-state index < -0.39 is 5.60 Å². The fourth-order valence-electron chi connectivity index (χ4n) is 7.16. The van der Waals surface area contributed by atoms with Crippen molar-refractivity contribution in [3.63, 3.8) is 0 Å². The van der Waals surface area contributed by atoms with Crippen LogP contribution in [0.5, 0.6) is 5.75 Å². The van der Waals surface area contributed by atoms with Crippen LogP contribution in [0.3, 0.4) is 0 Å². The number of carbonyl (C=O) groups is 2. The number of allylic oxidation sites excluding steroid dienone is 1. The van der Waals surface area contributed by atoms with Gasteiger partial charge in [-0.2, -0.15) is 5.10 Å². The minimum atomic E-state index is -0.604. The van der Waals surface area contributed by atoms with E-state index in [1.165, 1.54) is 24.8 Å². The van der Waals surface area contributed by atoms with Crippen molar-refractivity contribution in [2.45, 2.75) is 96.7 Å². The van der Waals surface area contributed by atoms with Gasteiger partial charge in [-0.05, 0) is 107 Å². The highest BCUT2D eigenvalue weighted by atomic mass is 16.6. The van der Waals surface area contributed by atoms with Gasteiger partial charge in [0.1, 0.15) is 22.6 Å². The van der Waals surface area contributed by atoms with E-state index in [0.717, 1.165) is 64.7 Å². The van der Waals surface area contributed by atoms with Gasteiger partial charge in [0, 0.05) is 28.2 Å². The normalized spacial score (nSPS) is 16.8. The number of hydrogen-bond donors (Lipinski definition) is 0. The molecule has 3 aliphatic rings. The summed E-state index contributed by atoms with van der Waals surface area (Å²) in [6.45, 7) is 8.25. The molecule has 0 radical (unpaired) electrons. The Morgan fingerprint density at radius 1 is 0.978 bits per heavy atom. The Kier molecular flexibility index (Phi) is 7.78. The topological polar surface area (TPSA) is 84.6 Å². The number of benzene rings is 2. The zero-order valence-electron chi connectivity index (χ0n) is 27.5. The summed E-state index contributed by atoms with van der Waals surface area (Å²) in [6.07, 6.45) is 12.0. The number of rotatable bonds is 7. The first-order valence-electron chi connectivity index (χ1n) is 16.7. The summed E-state index contributed by atoms with van der Waals surface area (Å²) < 4.78 is 21.3. The van der Waals surface area contributed by atoms with Crippen LogP contribution in [0.25, 0.3) is 33.8 Å². The second-order valence-corrected chi connectivity index (χ2v) is 13.9. The molecular formula is C38H43N3O5. The molecule has 3 heterocycles. The Bertz CT molecular complexity index is 1860. The van der Waals surface area contributed by atoms with E-state index >= 15 is 0 Å². The van der Waals surface area contributed by atoms with E-state index in [-0.39, 0.29) is 18.5 Å². The molecule has 2 saturated carbocycles. The van der Waals surface area contributed by atoms with Crippen molar-refractivity contribution in [1.82, 2.24) is 14.3 Å². The molecule has 2 fully saturated rings. The van der Waals surface area contributed by atoms with Crippen molar-refractivity contribution in [1.29, 1.82) is 0 Å². The van der Waals surface area contributed by atoms with Gasteiger partial charge in [0.25, 0.3) is 0 Å². The molecule has 0 N–H and O–H groups in total. The second-order valence-electron chi connectivity index (χ2n) is 13.9. The molecule has 8 heteroatoms. The van der Waals surface area contributed by atoms with Crippen LogP contribution in [0.2, 0.25) is 0 Å². The molecular weight excluding hydrogens is 578 g/mol. The van der Waals surface area contributed by atoms with Crippen LogP contribution in [-0.2, 0) is 16.0 Å². The molecule has 240 valence electrons. The van der Waals surface area contributed by atoms with Crippen molar-refractivity contribution < 1.29 is 23.8 Å². The third-order valence-corrected chi connectivity index (χ3v) is 9.38. The van der Waals surface area contributed by atoms with Crippen LogP contribution in [0, 0.1) is 0 Å². The van der Waals surface area contributed by atoms with Gasteiger partial charge in [-0.25, -0.2) is 9.59 Å². The first-order valence-corrected chi connectivity index (χ1v) is 16.7. The highest BCUT2D eigenvalue weighted by Gasteiger charge is 2.33. The third kappa shape index (κ3) is 5.63. The van der Waals surface area contributed by atoms with Crippen molar-refractivity contribution in [2.24, 2.45) is 0 Å². The molecule has 0 spiro atoms. The Hall–Kier alpha value is -4.33. The average molecular weight is 622 g/mol. The van der Waals surface area contributed by atoms with Gasteiger partial charge >= 0.3 is 11.9 Å². The SMILES string of the molecule is CCOC(=O)c1cn(C2CC2)nc1C1=Cc2cc(OC)ccc2-c2c(C3CCCCC3)c3ccc(C(=O)OC(C)(C)C)cc3n2C1. The lowest BCUT2D eigenvalue weighted by Gasteiger charge is -2.24. The second kappa shape index (κ2) is 11.8. The number of esters is 2. The number of nitrogens with zero attached hydrogens (tertiary/aromatic N) is 3. The minimum Gasteiger partial charge on any atom is -0.497 e. The predicted molar refractivity (Wildman–Crippen MR) is 179 cm³/mol. The molecule has 2 aromatic heterocycles. The highest BCUT2D eigenvalue weighted by Crippen LogP contribution is 2.48. The molecule has 0 bridgehead atoms. The molecule has 0 saturated heterocycles. The monoisotopic (exact) mass is 621 g/mol. The van der Waals surface area contributed by atoms with E-state index in [2.05, 4.69) is 28.8 Å². The third-order valence-electron chi connectivity index (χ3n) is 9.38. The Morgan fingerprint density at radius 2 is 1.76 bits per heavy atom. The van der Waals surface area contributed by atoms with E-state index in [9.17, 15) is 9.59 Å². The maximum Gasteiger partial charge on any atom is 0.341 e. The average Bonchev–Trinajstić information content (AvgIpc) is 3.75. The lowest BCUT2D eigenvalue weighted by atomic mass is 9.81. The molecule has 0 unspecified atom stereocenters. The van der Waals surface area contributed by atoms with Crippen molar-refractivity contribution >= 4 is 34.5 Å². The van der Waals surface area contributed by atoms with Crippen molar-refractivity contribution in [2.75, 3.05) is 13.7 Å².